The predicted molar refractivity (Wildman–Crippen MR) is 53.9 cm³/mol. The van der Waals surface area contributed by atoms with Crippen molar-refractivity contribution in [1.29, 1.82) is 0 Å². The van der Waals surface area contributed by atoms with Gasteiger partial charge in [0.25, 0.3) is 0 Å². The van der Waals surface area contributed by atoms with E-state index in [2.05, 4.69) is 5.32 Å². The van der Waals surface area contributed by atoms with Crippen LogP contribution in [0.2, 0.25) is 0 Å². The first-order chi connectivity index (χ1) is 6.41. The van der Waals surface area contributed by atoms with Crippen molar-refractivity contribution in [2.75, 3.05) is 13.2 Å². The fourth-order valence-corrected chi connectivity index (χ4v) is 2.22. The zero-order valence-corrected chi connectivity index (χ0v) is 9.22. The minimum Gasteiger partial charge on any atom is -0.373 e. The summed E-state index contributed by atoms with van der Waals surface area (Å²) in [7, 11) is 0. The second-order valence-corrected chi connectivity index (χ2v) is 5.70. The second kappa shape index (κ2) is 2.96. The first kappa shape index (κ1) is 9.97. The molecule has 1 saturated carbocycles. The van der Waals surface area contributed by atoms with Gasteiger partial charge in [0.05, 0.1) is 12.2 Å². The number of hydrogen-bond donors (Lipinski definition) is 1. The van der Waals surface area contributed by atoms with Crippen LogP contribution >= 0.6 is 0 Å². The lowest BCUT2D eigenvalue weighted by atomic mass is 9.74. The number of ether oxygens (including phenoxy) is 1. The Morgan fingerprint density at radius 2 is 2.14 bits per heavy atom. The SMILES string of the molecule is CC(C)(C)C(=O)NCC12CC(CO1)C2. The molecule has 2 heterocycles. The normalized spacial score (nSPS) is 35.2. The van der Waals surface area contributed by atoms with Gasteiger partial charge in [-0.15, -0.1) is 0 Å². The van der Waals surface area contributed by atoms with Gasteiger partial charge in [0.1, 0.15) is 0 Å². The van der Waals surface area contributed by atoms with E-state index in [0.29, 0.717) is 6.54 Å². The lowest BCUT2D eigenvalue weighted by Crippen LogP contribution is -2.49. The van der Waals surface area contributed by atoms with Crippen molar-refractivity contribution in [3.8, 4) is 0 Å². The minimum absolute atomic E-state index is 0.00553. The van der Waals surface area contributed by atoms with Crippen molar-refractivity contribution in [2.24, 2.45) is 11.3 Å². The van der Waals surface area contributed by atoms with Crippen LogP contribution in [0.15, 0.2) is 0 Å². The second-order valence-electron chi connectivity index (χ2n) is 5.70. The molecule has 80 valence electrons. The van der Waals surface area contributed by atoms with Gasteiger partial charge in [0.2, 0.25) is 5.91 Å². The highest BCUT2D eigenvalue weighted by Gasteiger charge is 2.52. The Balaban J connectivity index is 1.80. The maximum Gasteiger partial charge on any atom is 0.225 e. The molecule has 3 rings (SSSR count). The van der Waals surface area contributed by atoms with Crippen molar-refractivity contribution >= 4 is 5.91 Å². The predicted octanol–water partition coefficient (Wildman–Crippen LogP) is 1.33. The van der Waals surface area contributed by atoms with Crippen molar-refractivity contribution in [2.45, 2.75) is 39.2 Å². The molecule has 1 N–H and O–H groups in total. The van der Waals surface area contributed by atoms with Crippen LogP contribution in [-0.4, -0.2) is 24.7 Å². The number of nitrogens with one attached hydrogen (secondary N) is 1. The van der Waals surface area contributed by atoms with Crippen LogP contribution in [0, 0.1) is 11.3 Å². The number of rotatable bonds is 2. The first-order valence-corrected chi connectivity index (χ1v) is 5.34. The summed E-state index contributed by atoms with van der Waals surface area (Å²) in [6, 6.07) is 0. The molecule has 3 fully saturated rings. The van der Waals surface area contributed by atoms with E-state index in [-0.39, 0.29) is 16.9 Å². The highest BCUT2D eigenvalue weighted by atomic mass is 16.5. The molecule has 1 amide bonds. The molecule has 0 aromatic carbocycles. The third-order valence-corrected chi connectivity index (χ3v) is 3.20. The number of amides is 1. The Morgan fingerprint density at radius 1 is 1.50 bits per heavy atom. The van der Waals surface area contributed by atoms with Crippen molar-refractivity contribution < 1.29 is 9.53 Å². The number of hydrogen-bond acceptors (Lipinski definition) is 2. The van der Waals surface area contributed by atoms with Gasteiger partial charge in [0.15, 0.2) is 0 Å². The van der Waals surface area contributed by atoms with Gasteiger partial charge in [-0.1, -0.05) is 20.8 Å². The van der Waals surface area contributed by atoms with Gasteiger partial charge >= 0.3 is 0 Å². The quantitative estimate of drug-likeness (QED) is 0.725. The van der Waals surface area contributed by atoms with Crippen LogP contribution < -0.4 is 5.32 Å². The molecule has 1 aliphatic carbocycles. The van der Waals surface area contributed by atoms with Gasteiger partial charge < -0.3 is 10.1 Å². The van der Waals surface area contributed by atoms with Gasteiger partial charge in [-0.25, -0.2) is 0 Å². The standard InChI is InChI=1S/C11H19NO2/c1-10(2,3)9(13)12-7-11-4-8(5-11)6-14-11/h8H,4-7H2,1-3H3,(H,12,13). The Bertz CT molecular complexity index is 243. The molecule has 0 aromatic rings. The molecule has 3 aliphatic rings. The van der Waals surface area contributed by atoms with Crippen LogP contribution in [0.25, 0.3) is 0 Å². The lowest BCUT2D eigenvalue weighted by molar-refractivity contribution is -0.130. The van der Waals surface area contributed by atoms with Gasteiger partial charge in [0, 0.05) is 12.0 Å². The Kier molecular flexibility index (Phi) is 2.11. The third kappa shape index (κ3) is 1.65. The van der Waals surface area contributed by atoms with E-state index >= 15 is 0 Å². The molecule has 2 aliphatic heterocycles. The average molecular weight is 197 g/mol. The number of carbonyl (C=O) groups is 1. The zero-order chi connectivity index (χ0) is 10.4. The summed E-state index contributed by atoms with van der Waals surface area (Å²) in [5, 5.41) is 2.98. The molecule has 0 spiro atoms. The summed E-state index contributed by atoms with van der Waals surface area (Å²) in [6.07, 6.45) is 2.27. The van der Waals surface area contributed by atoms with E-state index in [1.54, 1.807) is 0 Å². The molecule has 3 heteroatoms. The van der Waals surface area contributed by atoms with E-state index < -0.39 is 0 Å². The smallest absolute Gasteiger partial charge is 0.225 e. The summed E-state index contributed by atoms with van der Waals surface area (Å²) in [5.74, 6) is 0.882. The average Bonchev–Trinajstić information content (AvgIpc) is 2.55. The van der Waals surface area contributed by atoms with E-state index in [1.807, 2.05) is 20.8 Å². The molecular weight excluding hydrogens is 178 g/mol. The maximum absolute atomic E-state index is 11.6. The summed E-state index contributed by atoms with van der Waals surface area (Å²) < 4.78 is 5.66. The van der Waals surface area contributed by atoms with Crippen LogP contribution in [-0.2, 0) is 9.53 Å². The fourth-order valence-electron chi connectivity index (χ4n) is 2.22. The van der Waals surface area contributed by atoms with Crippen LogP contribution in [0.1, 0.15) is 33.6 Å². The summed E-state index contributed by atoms with van der Waals surface area (Å²) in [6.45, 7) is 7.38. The number of carbonyl (C=O) groups excluding carboxylic acids is 1. The van der Waals surface area contributed by atoms with Crippen molar-refractivity contribution in [1.82, 2.24) is 5.32 Å². The van der Waals surface area contributed by atoms with Crippen LogP contribution in [0.4, 0.5) is 0 Å². The largest absolute Gasteiger partial charge is 0.373 e. The maximum atomic E-state index is 11.6. The molecule has 0 radical (unpaired) electrons. The van der Waals surface area contributed by atoms with E-state index in [0.717, 1.165) is 25.4 Å². The molecule has 0 aromatic heterocycles. The topological polar surface area (TPSA) is 38.3 Å². The highest BCUT2D eigenvalue weighted by molar-refractivity contribution is 5.81. The molecule has 0 atom stereocenters. The van der Waals surface area contributed by atoms with E-state index in [4.69, 9.17) is 4.74 Å². The van der Waals surface area contributed by atoms with Gasteiger partial charge in [-0.2, -0.15) is 0 Å². The minimum atomic E-state index is -0.293. The highest BCUT2D eigenvalue weighted by Crippen LogP contribution is 2.47. The molecule has 2 bridgehead atoms. The fraction of sp³-hybridized carbons (Fsp3) is 0.909. The third-order valence-electron chi connectivity index (χ3n) is 3.20. The van der Waals surface area contributed by atoms with Gasteiger partial charge in [-0.3, -0.25) is 4.79 Å². The lowest BCUT2D eigenvalue weighted by Gasteiger charge is -2.36. The molecular formula is C11H19NO2. The Labute approximate surface area is 85.2 Å². The molecule has 14 heavy (non-hydrogen) atoms. The van der Waals surface area contributed by atoms with Crippen molar-refractivity contribution in [3.63, 3.8) is 0 Å². The van der Waals surface area contributed by atoms with Gasteiger partial charge in [-0.05, 0) is 18.8 Å². The summed E-state index contributed by atoms with van der Waals surface area (Å²) >= 11 is 0. The Hall–Kier alpha value is -0.570. The summed E-state index contributed by atoms with van der Waals surface area (Å²) in [5.41, 5.74) is -0.288. The molecule has 2 saturated heterocycles. The van der Waals surface area contributed by atoms with Crippen molar-refractivity contribution in [3.05, 3.63) is 0 Å². The molecule has 0 unspecified atom stereocenters. The zero-order valence-electron chi connectivity index (χ0n) is 9.22. The van der Waals surface area contributed by atoms with E-state index in [9.17, 15) is 4.79 Å². The summed E-state index contributed by atoms with van der Waals surface area (Å²) in [4.78, 5) is 11.6. The molecule has 3 nitrogen and oxygen atoms in total. The monoisotopic (exact) mass is 197 g/mol. The van der Waals surface area contributed by atoms with E-state index in [1.165, 1.54) is 0 Å². The Morgan fingerprint density at radius 3 is 2.57 bits per heavy atom. The first-order valence-electron chi connectivity index (χ1n) is 5.34. The van der Waals surface area contributed by atoms with Crippen LogP contribution in [0.5, 0.6) is 0 Å². The van der Waals surface area contributed by atoms with Crippen LogP contribution in [0.3, 0.4) is 0 Å². The number of fused-ring (bicyclic) bond motifs is 1.